The van der Waals surface area contributed by atoms with Gasteiger partial charge in [-0.3, -0.25) is 10.00 Å². The van der Waals surface area contributed by atoms with E-state index in [0.717, 1.165) is 12.1 Å². The highest BCUT2D eigenvalue weighted by molar-refractivity contribution is 6.33. The number of para-hydroxylation sites is 1. The number of hydrogen-bond acceptors (Lipinski definition) is 2. The number of urea groups is 1. The molecule has 0 bridgehead atoms. The molecule has 3 rings (SSSR count). The fraction of sp³-hybridized carbons (Fsp3) is 0.111. The molecule has 5 nitrogen and oxygen atoms in total. The van der Waals surface area contributed by atoms with Crippen LogP contribution in [0.25, 0.3) is 0 Å². The van der Waals surface area contributed by atoms with Gasteiger partial charge in [-0.2, -0.15) is 18.3 Å². The molecule has 1 heterocycles. The number of carbonyl (C=O) groups excluding carboxylic acids is 1. The number of anilines is 2. The second kappa shape index (κ2) is 7.89. The summed E-state index contributed by atoms with van der Waals surface area (Å²) in [5.74, 6) is -0.495. The number of alkyl halides is 3. The lowest BCUT2D eigenvalue weighted by molar-refractivity contribution is -0.136. The molecule has 0 aliphatic carbocycles. The Morgan fingerprint density at radius 1 is 1.07 bits per heavy atom. The quantitative estimate of drug-likeness (QED) is 0.565. The standard InChI is InChI=1S/C18H13ClF4N4O/c19-13-10-27(9-11-5-1-3-7-14(11)20)26-16(13)25-17(28)24-15-8-4-2-6-12(15)18(21,22)23/h1-8,10H,9H2,(H2,24,25,26,28). The summed E-state index contributed by atoms with van der Waals surface area (Å²) in [4.78, 5) is 12.1. The average Bonchev–Trinajstić information content (AvgIpc) is 2.95. The number of halogens is 5. The van der Waals surface area contributed by atoms with E-state index in [0.29, 0.717) is 5.56 Å². The summed E-state index contributed by atoms with van der Waals surface area (Å²) in [5.41, 5.74) is -1.03. The van der Waals surface area contributed by atoms with Crippen molar-refractivity contribution in [2.75, 3.05) is 10.6 Å². The minimum Gasteiger partial charge on any atom is -0.307 e. The summed E-state index contributed by atoms with van der Waals surface area (Å²) in [5, 5.41) is 8.48. The number of hydrogen-bond donors (Lipinski definition) is 2. The molecule has 0 saturated heterocycles. The zero-order chi connectivity index (χ0) is 20.3. The van der Waals surface area contributed by atoms with Crippen LogP contribution < -0.4 is 10.6 Å². The first kappa shape index (κ1) is 19.7. The minimum absolute atomic E-state index is 0.0515. The molecule has 0 fully saturated rings. The van der Waals surface area contributed by atoms with Crippen molar-refractivity contribution in [1.82, 2.24) is 9.78 Å². The van der Waals surface area contributed by atoms with Crippen LogP contribution in [0.1, 0.15) is 11.1 Å². The molecule has 28 heavy (non-hydrogen) atoms. The van der Waals surface area contributed by atoms with Crippen LogP contribution in [0.3, 0.4) is 0 Å². The molecule has 3 aromatic rings. The first-order chi connectivity index (χ1) is 13.2. The van der Waals surface area contributed by atoms with Crippen LogP contribution in [0, 0.1) is 5.82 Å². The van der Waals surface area contributed by atoms with Crippen LogP contribution in [0.15, 0.2) is 54.7 Å². The molecule has 146 valence electrons. The third-order valence-electron chi connectivity index (χ3n) is 3.72. The van der Waals surface area contributed by atoms with Gasteiger partial charge in [-0.05, 0) is 18.2 Å². The van der Waals surface area contributed by atoms with Crippen LogP contribution in [0.5, 0.6) is 0 Å². The second-order valence-corrected chi connectivity index (χ2v) is 6.14. The van der Waals surface area contributed by atoms with Gasteiger partial charge in [0.2, 0.25) is 0 Å². The Kier molecular flexibility index (Phi) is 5.55. The average molecular weight is 413 g/mol. The normalized spacial score (nSPS) is 11.3. The molecule has 2 aromatic carbocycles. The number of rotatable bonds is 4. The van der Waals surface area contributed by atoms with Gasteiger partial charge >= 0.3 is 12.2 Å². The monoisotopic (exact) mass is 412 g/mol. The molecule has 0 spiro atoms. The Labute approximate surface area is 161 Å². The van der Waals surface area contributed by atoms with Gasteiger partial charge in [0.05, 0.1) is 17.8 Å². The third kappa shape index (κ3) is 4.61. The van der Waals surface area contributed by atoms with E-state index in [-0.39, 0.29) is 17.4 Å². The molecule has 2 N–H and O–H groups in total. The van der Waals surface area contributed by atoms with Crippen molar-refractivity contribution in [2.24, 2.45) is 0 Å². The topological polar surface area (TPSA) is 59.0 Å². The van der Waals surface area contributed by atoms with Gasteiger partial charge in [0.25, 0.3) is 0 Å². The van der Waals surface area contributed by atoms with Gasteiger partial charge in [-0.15, -0.1) is 0 Å². The molecule has 0 saturated carbocycles. The van der Waals surface area contributed by atoms with E-state index in [9.17, 15) is 22.4 Å². The van der Waals surface area contributed by atoms with Crippen molar-refractivity contribution in [3.63, 3.8) is 0 Å². The molecule has 2 amide bonds. The van der Waals surface area contributed by atoms with Crippen LogP contribution >= 0.6 is 11.6 Å². The molecule has 10 heteroatoms. The maximum atomic E-state index is 13.7. The molecule has 0 radical (unpaired) electrons. The Morgan fingerprint density at radius 3 is 2.46 bits per heavy atom. The fourth-order valence-corrected chi connectivity index (χ4v) is 2.66. The lowest BCUT2D eigenvalue weighted by atomic mass is 10.1. The van der Waals surface area contributed by atoms with Crippen molar-refractivity contribution in [1.29, 1.82) is 0 Å². The van der Waals surface area contributed by atoms with Crippen molar-refractivity contribution in [2.45, 2.75) is 12.7 Å². The van der Waals surface area contributed by atoms with Crippen LogP contribution in [-0.4, -0.2) is 15.8 Å². The molecular formula is C18H13ClF4N4O. The molecule has 0 atom stereocenters. The first-order valence-electron chi connectivity index (χ1n) is 7.94. The Morgan fingerprint density at radius 2 is 1.75 bits per heavy atom. The third-order valence-corrected chi connectivity index (χ3v) is 4.00. The Hall–Kier alpha value is -3.07. The minimum atomic E-state index is -4.62. The highest BCUT2D eigenvalue weighted by atomic mass is 35.5. The van der Waals surface area contributed by atoms with Crippen LogP contribution in [-0.2, 0) is 12.7 Å². The maximum Gasteiger partial charge on any atom is 0.418 e. The zero-order valence-electron chi connectivity index (χ0n) is 14.1. The van der Waals surface area contributed by atoms with E-state index < -0.39 is 29.3 Å². The van der Waals surface area contributed by atoms with Crippen molar-refractivity contribution < 1.29 is 22.4 Å². The van der Waals surface area contributed by atoms with E-state index in [1.54, 1.807) is 18.2 Å². The summed E-state index contributed by atoms with van der Waals surface area (Å²) in [6.45, 7) is 0.0621. The van der Waals surface area contributed by atoms with Crippen LogP contribution in [0.2, 0.25) is 5.02 Å². The number of amides is 2. The number of nitrogens with zero attached hydrogens (tertiary/aromatic N) is 2. The van der Waals surface area contributed by atoms with E-state index >= 15 is 0 Å². The number of benzene rings is 2. The lowest BCUT2D eigenvalue weighted by Crippen LogP contribution is -2.22. The summed E-state index contributed by atoms with van der Waals surface area (Å²) >= 11 is 6.00. The van der Waals surface area contributed by atoms with E-state index in [2.05, 4.69) is 15.7 Å². The summed E-state index contributed by atoms with van der Waals surface area (Å²) < 4.78 is 54.0. The van der Waals surface area contributed by atoms with E-state index in [1.807, 2.05) is 0 Å². The van der Waals surface area contributed by atoms with Gasteiger partial charge in [-0.25, -0.2) is 9.18 Å². The number of nitrogens with one attached hydrogen (secondary N) is 2. The molecule has 0 unspecified atom stereocenters. The Balaban J connectivity index is 1.72. The lowest BCUT2D eigenvalue weighted by Gasteiger charge is -2.13. The van der Waals surface area contributed by atoms with Crippen LogP contribution in [0.4, 0.5) is 33.9 Å². The van der Waals surface area contributed by atoms with Gasteiger partial charge in [0.15, 0.2) is 5.82 Å². The summed E-state index contributed by atoms with van der Waals surface area (Å²) in [7, 11) is 0. The van der Waals surface area contributed by atoms with Crippen molar-refractivity contribution in [3.8, 4) is 0 Å². The SMILES string of the molecule is O=C(Nc1ccccc1C(F)(F)F)Nc1nn(Cc2ccccc2F)cc1Cl. The molecule has 1 aromatic heterocycles. The first-order valence-corrected chi connectivity index (χ1v) is 8.32. The second-order valence-electron chi connectivity index (χ2n) is 5.74. The van der Waals surface area contributed by atoms with E-state index in [1.165, 1.54) is 29.1 Å². The summed E-state index contributed by atoms with van der Waals surface area (Å²) in [6.07, 6.45) is -3.25. The highest BCUT2D eigenvalue weighted by Gasteiger charge is 2.33. The Bertz CT molecular complexity index is 1000. The van der Waals surface area contributed by atoms with Gasteiger partial charge in [0.1, 0.15) is 10.8 Å². The van der Waals surface area contributed by atoms with E-state index in [4.69, 9.17) is 11.6 Å². The molecular weight excluding hydrogens is 400 g/mol. The van der Waals surface area contributed by atoms with Gasteiger partial charge < -0.3 is 5.32 Å². The molecule has 0 aliphatic rings. The maximum absolute atomic E-state index is 13.7. The number of aromatic nitrogens is 2. The highest BCUT2D eigenvalue weighted by Crippen LogP contribution is 2.34. The largest absolute Gasteiger partial charge is 0.418 e. The van der Waals surface area contributed by atoms with Crippen molar-refractivity contribution in [3.05, 3.63) is 76.7 Å². The molecule has 0 aliphatic heterocycles. The number of carbonyl (C=O) groups is 1. The fourth-order valence-electron chi connectivity index (χ4n) is 2.46. The summed E-state index contributed by atoms with van der Waals surface area (Å²) in [6, 6.07) is 9.68. The smallest absolute Gasteiger partial charge is 0.307 e. The predicted octanol–water partition coefficient (Wildman–Crippen LogP) is 5.39. The van der Waals surface area contributed by atoms with Crippen molar-refractivity contribution >= 4 is 29.1 Å². The van der Waals surface area contributed by atoms with Gasteiger partial charge in [0, 0.05) is 11.8 Å². The zero-order valence-corrected chi connectivity index (χ0v) is 14.9. The predicted molar refractivity (Wildman–Crippen MR) is 96.8 cm³/mol. The van der Waals surface area contributed by atoms with Gasteiger partial charge in [-0.1, -0.05) is 41.9 Å².